The fourth-order valence-corrected chi connectivity index (χ4v) is 4.30. The van der Waals surface area contributed by atoms with Gasteiger partial charge in [0.2, 0.25) is 0 Å². The second kappa shape index (κ2) is 11.8. The Morgan fingerprint density at radius 3 is 2.41 bits per heavy atom. The summed E-state index contributed by atoms with van der Waals surface area (Å²) in [7, 11) is 4.08. The SMILES string of the molecule is CCCCOc1ccc(C(=O)N(CCCN(C)C)c2nc3ccc(OCC)cc3s2)cc1. The summed E-state index contributed by atoms with van der Waals surface area (Å²) < 4.78 is 12.4. The summed E-state index contributed by atoms with van der Waals surface area (Å²) in [5, 5.41) is 0.709. The number of aromatic nitrogens is 1. The third kappa shape index (κ3) is 6.43. The first kappa shape index (κ1) is 24.0. The number of benzene rings is 2. The monoisotopic (exact) mass is 455 g/mol. The predicted molar refractivity (Wildman–Crippen MR) is 132 cm³/mol. The molecule has 2 aromatic carbocycles. The Labute approximate surface area is 194 Å². The van der Waals surface area contributed by atoms with E-state index in [-0.39, 0.29) is 5.91 Å². The van der Waals surface area contributed by atoms with Gasteiger partial charge in [-0.15, -0.1) is 0 Å². The van der Waals surface area contributed by atoms with Gasteiger partial charge < -0.3 is 14.4 Å². The van der Waals surface area contributed by atoms with Gasteiger partial charge in [0.15, 0.2) is 5.13 Å². The summed E-state index contributed by atoms with van der Waals surface area (Å²) in [6.07, 6.45) is 2.97. The standard InChI is InChI=1S/C25H33N3O3S/c1-5-7-17-31-20-11-9-19(10-12-20)24(29)28(16-8-15-27(3)4)25-26-22-14-13-21(30-6-2)18-23(22)32-25/h9-14,18H,5-8,15-17H2,1-4H3. The van der Waals surface area contributed by atoms with E-state index in [9.17, 15) is 4.79 Å². The van der Waals surface area contributed by atoms with Crippen LogP contribution < -0.4 is 14.4 Å². The van der Waals surface area contributed by atoms with E-state index in [1.807, 2.05) is 63.5 Å². The van der Waals surface area contributed by atoms with Gasteiger partial charge in [-0.3, -0.25) is 9.69 Å². The number of hydrogen-bond donors (Lipinski definition) is 0. The highest BCUT2D eigenvalue weighted by Gasteiger charge is 2.21. The summed E-state index contributed by atoms with van der Waals surface area (Å²) in [4.78, 5) is 22.1. The highest BCUT2D eigenvalue weighted by Crippen LogP contribution is 2.32. The van der Waals surface area contributed by atoms with Crippen LogP contribution in [0.15, 0.2) is 42.5 Å². The van der Waals surface area contributed by atoms with Gasteiger partial charge in [0.05, 0.1) is 23.4 Å². The fraction of sp³-hybridized carbons (Fsp3) is 0.440. The molecule has 0 saturated carbocycles. The lowest BCUT2D eigenvalue weighted by atomic mass is 10.2. The Hall–Kier alpha value is -2.64. The molecule has 172 valence electrons. The topological polar surface area (TPSA) is 54.9 Å². The number of carbonyl (C=O) groups is 1. The van der Waals surface area contributed by atoms with Gasteiger partial charge in [-0.25, -0.2) is 4.98 Å². The fourth-order valence-electron chi connectivity index (χ4n) is 3.28. The van der Waals surface area contributed by atoms with Crippen molar-refractivity contribution in [2.45, 2.75) is 33.1 Å². The molecule has 1 amide bonds. The van der Waals surface area contributed by atoms with Gasteiger partial charge in [-0.2, -0.15) is 0 Å². The van der Waals surface area contributed by atoms with Crippen LogP contribution in [0.25, 0.3) is 10.2 Å². The maximum atomic E-state index is 13.5. The number of ether oxygens (including phenoxy) is 2. The molecule has 0 bridgehead atoms. The molecule has 1 heterocycles. The minimum absolute atomic E-state index is 0.0482. The smallest absolute Gasteiger partial charge is 0.260 e. The molecule has 0 aliphatic rings. The van der Waals surface area contributed by atoms with E-state index >= 15 is 0 Å². The second-order valence-corrected chi connectivity index (χ2v) is 8.91. The molecule has 6 nitrogen and oxygen atoms in total. The predicted octanol–water partition coefficient (Wildman–Crippen LogP) is 5.47. The van der Waals surface area contributed by atoms with Crippen LogP contribution in [-0.2, 0) is 0 Å². The second-order valence-electron chi connectivity index (χ2n) is 7.90. The zero-order valence-corrected chi connectivity index (χ0v) is 20.3. The van der Waals surface area contributed by atoms with Crippen molar-refractivity contribution in [2.75, 3.05) is 45.3 Å². The van der Waals surface area contributed by atoms with Crippen LogP contribution in [0.5, 0.6) is 11.5 Å². The molecule has 3 aromatic rings. The van der Waals surface area contributed by atoms with Crippen LogP contribution in [0.4, 0.5) is 5.13 Å². The summed E-state index contributed by atoms with van der Waals surface area (Å²) in [5.74, 6) is 1.56. The molecule has 0 fully saturated rings. The average Bonchev–Trinajstić information content (AvgIpc) is 3.20. The Bertz CT molecular complexity index is 1000. The molecule has 0 aliphatic carbocycles. The van der Waals surface area contributed by atoms with E-state index in [0.717, 1.165) is 47.5 Å². The molecule has 0 unspecified atom stereocenters. The van der Waals surface area contributed by atoms with Gasteiger partial charge >= 0.3 is 0 Å². The molecule has 0 saturated heterocycles. The minimum atomic E-state index is -0.0482. The molecule has 0 N–H and O–H groups in total. The summed E-state index contributed by atoms with van der Waals surface area (Å²) in [5.41, 5.74) is 1.51. The number of rotatable bonds is 12. The molecule has 0 atom stereocenters. The zero-order valence-electron chi connectivity index (χ0n) is 19.5. The first-order valence-electron chi connectivity index (χ1n) is 11.2. The van der Waals surface area contributed by atoms with Crippen LogP contribution in [-0.4, -0.2) is 56.2 Å². The van der Waals surface area contributed by atoms with Crippen molar-refractivity contribution >= 4 is 32.6 Å². The lowest BCUT2D eigenvalue weighted by Gasteiger charge is -2.21. The Morgan fingerprint density at radius 1 is 0.969 bits per heavy atom. The molecule has 0 radical (unpaired) electrons. The zero-order chi connectivity index (χ0) is 22.9. The van der Waals surface area contributed by atoms with E-state index in [0.29, 0.717) is 30.5 Å². The van der Waals surface area contributed by atoms with Gasteiger partial charge in [0.1, 0.15) is 11.5 Å². The maximum Gasteiger partial charge on any atom is 0.260 e. The van der Waals surface area contributed by atoms with Crippen molar-refractivity contribution in [1.82, 2.24) is 9.88 Å². The normalized spacial score (nSPS) is 11.2. The quantitative estimate of drug-likeness (QED) is 0.339. The molecule has 3 rings (SSSR count). The molecule has 0 spiro atoms. The number of carbonyl (C=O) groups excluding carboxylic acids is 1. The van der Waals surface area contributed by atoms with Crippen molar-refractivity contribution in [3.8, 4) is 11.5 Å². The molecule has 0 aliphatic heterocycles. The molecule has 7 heteroatoms. The van der Waals surface area contributed by atoms with Crippen LogP contribution in [0.1, 0.15) is 43.5 Å². The van der Waals surface area contributed by atoms with Crippen LogP contribution in [0, 0.1) is 0 Å². The molecule has 1 aromatic heterocycles. The number of unbranched alkanes of at least 4 members (excludes halogenated alkanes) is 1. The molecular weight excluding hydrogens is 422 g/mol. The van der Waals surface area contributed by atoms with Crippen molar-refractivity contribution in [1.29, 1.82) is 0 Å². The van der Waals surface area contributed by atoms with Crippen molar-refractivity contribution < 1.29 is 14.3 Å². The van der Waals surface area contributed by atoms with Crippen molar-refractivity contribution in [3.63, 3.8) is 0 Å². The summed E-state index contributed by atoms with van der Waals surface area (Å²) in [6.45, 7) is 6.90. The van der Waals surface area contributed by atoms with Crippen molar-refractivity contribution in [2.24, 2.45) is 0 Å². The minimum Gasteiger partial charge on any atom is -0.494 e. The third-order valence-corrected chi connectivity index (χ3v) is 6.03. The van der Waals surface area contributed by atoms with E-state index < -0.39 is 0 Å². The summed E-state index contributed by atoms with van der Waals surface area (Å²) >= 11 is 1.52. The van der Waals surface area contributed by atoms with E-state index in [1.54, 1.807) is 4.90 Å². The average molecular weight is 456 g/mol. The van der Waals surface area contributed by atoms with E-state index in [4.69, 9.17) is 14.5 Å². The van der Waals surface area contributed by atoms with E-state index in [1.165, 1.54) is 11.3 Å². The van der Waals surface area contributed by atoms with Crippen LogP contribution >= 0.6 is 11.3 Å². The first-order valence-corrected chi connectivity index (χ1v) is 12.1. The lowest BCUT2D eigenvalue weighted by molar-refractivity contribution is 0.0986. The first-order chi connectivity index (χ1) is 15.5. The number of thiazole rings is 1. The lowest BCUT2D eigenvalue weighted by Crippen LogP contribution is -2.33. The van der Waals surface area contributed by atoms with Gasteiger partial charge in [0, 0.05) is 12.1 Å². The Balaban J connectivity index is 1.83. The van der Waals surface area contributed by atoms with Crippen molar-refractivity contribution in [3.05, 3.63) is 48.0 Å². The number of nitrogens with zero attached hydrogens (tertiary/aromatic N) is 3. The Kier molecular flexibility index (Phi) is 8.88. The highest BCUT2D eigenvalue weighted by atomic mass is 32.1. The maximum absolute atomic E-state index is 13.5. The largest absolute Gasteiger partial charge is 0.494 e. The third-order valence-electron chi connectivity index (χ3n) is 4.99. The van der Waals surface area contributed by atoms with Gasteiger partial charge in [-0.05, 0) is 82.9 Å². The number of fused-ring (bicyclic) bond motifs is 1. The van der Waals surface area contributed by atoms with E-state index in [2.05, 4.69) is 11.8 Å². The van der Waals surface area contributed by atoms with Crippen LogP contribution in [0.2, 0.25) is 0 Å². The van der Waals surface area contributed by atoms with Gasteiger partial charge in [-0.1, -0.05) is 24.7 Å². The summed E-state index contributed by atoms with van der Waals surface area (Å²) in [6, 6.07) is 13.3. The number of amides is 1. The molecule has 32 heavy (non-hydrogen) atoms. The van der Waals surface area contributed by atoms with Crippen LogP contribution in [0.3, 0.4) is 0 Å². The molecular formula is C25H33N3O3S. The Morgan fingerprint density at radius 2 is 1.72 bits per heavy atom. The number of hydrogen-bond acceptors (Lipinski definition) is 6. The number of anilines is 1. The van der Waals surface area contributed by atoms with Gasteiger partial charge in [0.25, 0.3) is 5.91 Å². The highest BCUT2D eigenvalue weighted by molar-refractivity contribution is 7.22.